The van der Waals surface area contributed by atoms with Gasteiger partial charge in [0, 0.05) is 12.7 Å². The maximum absolute atomic E-state index is 5.93. The molecule has 0 amide bonds. The van der Waals surface area contributed by atoms with E-state index in [2.05, 4.69) is 46.6 Å². The van der Waals surface area contributed by atoms with Gasteiger partial charge in [-0.3, -0.25) is 0 Å². The molecule has 0 aliphatic carbocycles. The van der Waals surface area contributed by atoms with Crippen LogP contribution in [0.15, 0.2) is 48.7 Å². The molecule has 21 heavy (non-hydrogen) atoms. The monoisotopic (exact) mass is 300 g/mol. The lowest BCUT2D eigenvalue weighted by Crippen LogP contribution is -2.07. The molecule has 5 heteroatoms. The highest BCUT2D eigenvalue weighted by molar-refractivity contribution is 6.30. The summed E-state index contributed by atoms with van der Waals surface area (Å²) in [6.07, 6.45) is 2.78. The predicted octanol–water partition coefficient (Wildman–Crippen LogP) is 3.99. The molecule has 3 rings (SSSR count). The van der Waals surface area contributed by atoms with E-state index in [9.17, 15) is 0 Å². The molecule has 4 nitrogen and oxygen atoms in total. The quantitative estimate of drug-likeness (QED) is 0.775. The maximum atomic E-state index is 5.93. The summed E-state index contributed by atoms with van der Waals surface area (Å²) in [4.78, 5) is 4.41. The van der Waals surface area contributed by atoms with Gasteiger partial charge in [0.05, 0.1) is 5.02 Å². The summed E-state index contributed by atoms with van der Waals surface area (Å²) in [5.74, 6) is 1.14. The molecular formula is C16H17ClN4. The zero-order chi connectivity index (χ0) is 14.7. The Labute approximate surface area is 128 Å². The van der Waals surface area contributed by atoms with Gasteiger partial charge in [-0.05, 0) is 30.0 Å². The standard InChI is InChI=1S/C16H17ClN4/c1-12(13-5-3-2-4-6-13)9-10-18-16-19-15-8-7-14(17)11-21(15)20-16/h2-8,11-12H,9-10H2,1H3,(H,18,20). The predicted molar refractivity (Wildman–Crippen MR) is 86.0 cm³/mol. The zero-order valence-corrected chi connectivity index (χ0v) is 12.6. The van der Waals surface area contributed by atoms with Crippen LogP contribution >= 0.6 is 11.6 Å². The van der Waals surface area contributed by atoms with Crippen LogP contribution in [0.2, 0.25) is 5.02 Å². The summed E-state index contributed by atoms with van der Waals surface area (Å²) in [5.41, 5.74) is 2.15. The highest BCUT2D eigenvalue weighted by Gasteiger charge is 2.06. The summed E-state index contributed by atoms with van der Waals surface area (Å²) in [6, 6.07) is 14.2. The first-order valence-corrected chi connectivity index (χ1v) is 7.41. The van der Waals surface area contributed by atoms with Crippen molar-refractivity contribution in [3.05, 3.63) is 59.2 Å². The van der Waals surface area contributed by atoms with Gasteiger partial charge < -0.3 is 5.32 Å². The van der Waals surface area contributed by atoms with Crippen LogP contribution in [0.1, 0.15) is 24.8 Å². The van der Waals surface area contributed by atoms with Crippen molar-refractivity contribution in [2.75, 3.05) is 11.9 Å². The molecule has 108 valence electrons. The van der Waals surface area contributed by atoms with E-state index in [-0.39, 0.29) is 0 Å². The number of rotatable bonds is 5. The van der Waals surface area contributed by atoms with E-state index in [1.807, 2.05) is 18.2 Å². The summed E-state index contributed by atoms with van der Waals surface area (Å²) in [5, 5.41) is 8.27. The van der Waals surface area contributed by atoms with Crippen LogP contribution in [0.25, 0.3) is 5.65 Å². The maximum Gasteiger partial charge on any atom is 0.243 e. The third-order valence-electron chi connectivity index (χ3n) is 3.52. The molecule has 1 unspecified atom stereocenters. The number of fused-ring (bicyclic) bond motifs is 1. The summed E-state index contributed by atoms with van der Waals surface area (Å²) >= 11 is 5.93. The lowest BCUT2D eigenvalue weighted by Gasteiger charge is -2.11. The van der Waals surface area contributed by atoms with E-state index < -0.39 is 0 Å². The van der Waals surface area contributed by atoms with Crippen molar-refractivity contribution in [2.24, 2.45) is 0 Å². The molecule has 2 heterocycles. The van der Waals surface area contributed by atoms with Crippen LogP contribution in [0.5, 0.6) is 0 Å². The minimum atomic E-state index is 0.505. The Morgan fingerprint density at radius 3 is 2.81 bits per heavy atom. The number of pyridine rings is 1. The first-order valence-electron chi connectivity index (χ1n) is 7.03. The van der Waals surface area contributed by atoms with Crippen LogP contribution in [0.3, 0.4) is 0 Å². The number of nitrogens with one attached hydrogen (secondary N) is 1. The number of nitrogens with zero attached hydrogens (tertiary/aromatic N) is 3. The highest BCUT2D eigenvalue weighted by atomic mass is 35.5. The van der Waals surface area contributed by atoms with Gasteiger partial charge in [-0.25, -0.2) is 4.52 Å². The van der Waals surface area contributed by atoms with Crippen LogP contribution in [0, 0.1) is 0 Å². The molecule has 0 fully saturated rings. The summed E-state index contributed by atoms with van der Waals surface area (Å²) in [6.45, 7) is 3.06. The average Bonchev–Trinajstić information content (AvgIpc) is 2.89. The van der Waals surface area contributed by atoms with E-state index in [4.69, 9.17) is 11.6 Å². The fourth-order valence-electron chi connectivity index (χ4n) is 2.28. The Balaban J connectivity index is 1.59. The largest absolute Gasteiger partial charge is 0.353 e. The van der Waals surface area contributed by atoms with Crippen molar-refractivity contribution < 1.29 is 0 Å². The topological polar surface area (TPSA) is 42.2 Å². The number of hydrogen-bond donors (Lipinski definition) is 1. The lowest BCUT2D eigenvalue weighted by molar-refractivity contribution is 0.703. The average molecular weight is 301 g/mol. The molecule has 1 atom stereocenters. The third kappa shape index (κ3) is 3.34. The molecule has 0 saturated carbocycles. The van der Waals surface area contributed by atoms with Crippen molar-refractivity contribution in [1.82, 2.24) is 14.6 Å². The number of halogens is 1. The van der Waals surface area contributed by atoms with Gasteiger partial charge in [-0.15, -0.1) is 5.10 Å². The van der Waals surface area contributed by atoms with Crippen LogP contribution < -0.4 is 5.32 Å². The Morgan fingerprint density at radius 2 is 2.00 bits per heavy atom. The normalized spacial score (nSPS) is 12.5. The molecule has 0 aliphatic heterocycles. The van der Waals surface area contributed by atoms with Crippen LogP contribution in [-0.4, -0.2) is 21.1 Å². The molecule has 0 radical (unpaired) electrons. The first kappa shape index (κ1) is 13.9. The second-order valence-corrected chi connectivity index (χ2v) is 5.55. The highest BCUT2D eigenvalue weighted by Crippen LogP contribution is 2.18. The molecule has 0 bridgehead atoms. The molecule has 0 spiro atoms. The minimum Gasteiger partial charge on any atom is -0.353 e. The van der Waals surface area contributed by atoms with Crippen molar-refractivity contribution in [2.45, 2.75) is 19.3 Å². The fourth-order valence-corrected chi connectivity index (χ4v) is 2.44. The molecule has 1 aromatic carbocycles. The van der Waals surface area contributed by atoms with Crippen molar-refractivity contribution in [1.29, 1.82) is 0 Å². The van der Waals surface area contributed by atoms with E-state index in [1.54, 1.807) is 10.7 Å². The first-order chi connectivity index (χ1) is 10.2. The molecule has 2 aromatic heterocycles. The van der Waals surface area contributed by atoms with Gasteiger partial charge in [0.25, 0.3) is 0 Å². The second-order valence-electron chi connectivity index (χ2n) is 5.11. The van der Waals surface area contributed by atoms with Gasteiger partial charge in [-0.1, -0.05) is 48.9 Å². The Bertz CT molecular complexity index is 723. The molecule has 3 aromatic rings. The van der Waals surface area contributed by atoms with Gasteiger partial charge in [-0.2, -0.15) is 4.98 Å². The zero-order valence-electron chi connectivity index (χ0n) is 11.8. The van der Waals surface area contributed by atoms with Gasteiger partial charge in [0.1, 0.15) is 0 Å². The van der Waals surface area contributed by atoms with E-state index >= 15 is 0 Å². The van der Waals surface area contributed by atoms with E-state index in [1.165, 1.54) is 5.56 Å². The fraction of sp³-hybridized carbons (Fsp3) is 0.250. The van der Waals surface area contributed by atoms with Gasteiger partial charge in [0.2, 0.25) is 5.95 Å². The number of benzene rings is 1. The number of anilines is 1. The third-order valence-corrected chi connectivity index (χ3v) is 3.75. The van der Waals surface area contributed by atoms with Gasteiger partial charge >= 0.3 is 0 Å². The molecular weight excluding hydrogens is 284 g/mol. The van der Waals surface area contributed by atoms with Crippen molar-refractivity contribution in [3.8, 4) is 0 Å². The summed E-state index contributed by atoms with van der Waals surface area (Å²) in [7, 11) is 0. The molecule has 1 N–H and O–H groups in total. The SMILES string of the molecule is CC(CCNc1nc2ccc(Cl)cn2n1)c1ccccc1. The smallest absolute Gasteiger partial charge is 0.243 e. The lowest BCUT2D eigenvalue weighted by atomic mass is 9.98. The molecule has 0 aliphatic rings. The van der Waals surface area contributed by atoms with Crippen molar-refractivity contribution in [3.63, 3.8) is 0 Å². The number of aromatic nitrogens is 3. The Kier molecular flexibility index (Phi) is 4.06. The second kappa shape index (κ2) is 6.14. The van der Waals surface area contributed by atoms with E-state index in [0.29, 0.717) is 16.9 Å². The summed E-state index contributed by atoms with van der Waals surface area (Å²) < 4.78 is 1.69. The Hall–Kier alpha value is -2.07. The van der Waals surface area contributed by atoms with Crippen LogP contribution in [0.4, 0.5) is 5.95 Å². The Morgan fingerprint density at radius 1 is 1.19 bits per heavy atom. The van der Waals surface area contributed by atoms with Crippen molar-refractivity contribution >= 4 is 23.2 Å². The van der Waals surface area contributed by atoms with Gasteiger partial charge in [0.15, 0.2) is 5.65 Å². The van der Waals surface area contributed by atoms with Crippen LogP contribution in [-0.2, 0) is 0 Å². The molecule has 0 saturated heterocycles. The minimum absolute atomic E-state index is 0.505. The van der Waals surface area contributed by atoms with E-state index in [0.717, 1.165) is 18.6 Å². The number of hydrogen-bond acceptors (Lipinski definition) is 3.